The Morgan fingerprint density at radius 2 is 1.26 bits per heavy atom. The van der Waals surface area contributed by atoms with Crippen LogP contribution in [-0.2, 0) is 20.2 Å². The first-order chi connectivity index (χ1) is 12.8. The predicted octanol–water partition coefficient (Wildman–Crippen LogP) is -0.702. The Labute approximate surface area is 160 Å². The number of carbonyl (C=O) groups is 1. The molecule has 11 heteroatoms. The summed E-state index contributed by atoms with van der Waals surface area (Å²) in [5, 5.41) is 0. The van der Waals surface area contributed by atoms with Crippen LogP contribution in [0.25, 0.3) is 0 Å². The van der Waals surface area contributed by atoms with Crippen molar-refractivity contribution in [1.82, 2.24) is 17.8 Å². The molecule has 9 nitrogen and oxygen atoms in total. The zero-order valence-electron chi connectivity index (χ0n) is 15.2. The van der Waals surface area contributed by atoms with E-state index in [-0.39, 0.29) is 36.6 Å². The fourth-order valence-electron chi connectivity index (χ4n) is 3.27. The van der Waals surface area contributed by atoms with Gasteiger partial charge in [-0.1, -0.05) is 18.2 Å². The highest BCUT2D eigenvalue weighted by Gasteiger charge is 2.37. The lowest BCUT2D eigenvalue weighted by Crippen LogP contribution is -2.57. The minimum atomic E-state index is -3.85. The average Bonchev–Trinajstić information content (AvgIpc) is 2.68. The van der Waals surface area contributed by atoms with E-state index in [4.69, 9.17) is 0 Å². The van der Waals surface area contributed by atoms with Crippen LogP contribution in [0.5, 0.6) is 0 Å². The molecule has 2 aliphatic heterocycles. The number of piperazine rings is 2. The van der Waals surface area contributed by atoms with Crippen LogP contribution in [0.1, 0.15) is 10.4 Å². The van der Waals surface area contributed by atoms with E-state index in [0.717, 1.165) is 0 Å². The molecule has 1 aromatic carbocycles. The molecule has 27 heavy (non-hydrogen) atoms. The van der Waals surface area contributed by atoms with Gasteiger partial charge in [-0.15, -0.1) is 0 Å². The third-order valence-corrected chi connectivity index (χ3v) is 8.98. The fourth-order valence-corrected chi connectivity index (χ4v) is 6.44. The van der Waals surface area contributed by atoms with Crippen LogP contribution in [0, 0.1) is 0 Å². The summed E-state index contributed by atoms with van der Waals surface area (Å²) in [6, 6.07) is 6.01. The maximum Gasteiger partial charge on any atom is 0.282 e. The molecular formula is C16H24N4O5S2. The van der Waals surface area contributed by atoms with Crippen LogP contribution >= 0.6 is 0 Å². The second-order valence-corrected chi connectivity index (χ2v) is 10.5. The Balaban J connectivity index is 1.70. The highest BCUT2D eigenvalue weighted by Crippen LogP contribution is 2.22. The first-order valence-corrected chi connectivity index (χ1v) is 11.6. The molecule has 0 N–H and O–H groups in total. The van der Waals surface area contributed by atoms with Gasteiger partial charge in [0.1, 0.15) is 0 Å². The highest BCUT2D eigenvalue weighted by molar-refractivity contribution is 7.89. The minimum Gasteiger partial charge on any atom is -0.304 e. The van der Waals surface area contributed by atoms with Crippen molar-refractivity contribution >= 4 is 26.5 Å². The van der Waals surface area contributed by atoms with E-state index < -0.39 is 20.2 Å². The molecule has 0 aliphatic carbocycles. The van der Waals surface area contributed by atoms with Gasteiger partial charge < -0.3 is 4.90 Å². The van der Waals surface area contributed by atoms with Crippen LogP contribution in [0.3, 0.4) is 0 Å². The Morgan fingerprint density at radius 3 is 1.81 bits per heavy atom. The summed E-state index contributed by atoms with van der Waals surface area (Å²) in [5.74, 6) is 0. The topological polar surface area (TPSA) is 98.3 Å². The standard InChI is InChI=1S/C16H24N4O5S2/c1-17-6-8-19(9-7-17)27(24,25)20-12-10-18(11-13-20)26(22,23)16-5-3-2-4-15(16)14-21/h2-5,14H,6-13H2,1H3. The summed E-state index contributed by atoms with van der Waals surface area (Å²) in [6.07, 6.45) is 0.515. The van der Waals surface area contributed by atoms with E-state index in [2.05, 4.69) is 4.90 Å². The van der Waals surface area contributed by atoms with Crippen molar-refractivity contribution in [2.75, 3.05) is 59.4 Å². The first-order valence-electron chi connectivity index (χ1n) is 8.75. The van der Waals surface area contributed by atoms with Gasteiger partial charge in [-0.25, -0.2) is 8.42 Å². The largest absolute Gasteiger partial charge is 0.304 e. The third-order valence-electron chi connectivity index (χ3n) is 4.98. The second-order valence-electron chi connectivity index (χ2n) is 6.67. The summed E-state index contributed by atoms with van der Waals surface area (Å²) in [7, 11) is -5.49. The number of aldehydes is 1. The molecule has 0 atom stereocenters. The predicted molar refractivity (Wildman–Crippen MR) is 100 cm³/mol. The van der Waals surface area contributed by atoms with E-state index in [9.17, 15) is 21.6 Å². The molecule has 0 bridgehead atoms. The number of carbonyl (C=O) groups excluding carboxylic acids is 1. The zero-order valence-corrected chi connectivity index (χ0v) is 16.8. The molecule has 3 rings (SSSR count). The summed E-state index contributed by atoms with van der Waals surface area (Å²) in [5.41, 5.74) is 0.102. The number of nitrogens with zero attached hydrogens (tertiary/aromatic N) is 4. The minimum absolute atomic E-state index is 0.0459. The number of rotatable bonds is 5. The van der Waals surface area contributed by atoms with Gasteiger partial charge in [0.2, 0.25) is 10.0 Å². The van der Waals surface area contributed by atoms with Crippen molar-refractivity contribution in [1.29, 1.82) is 0 Å². The summed E-state index contributed by atoms with van der Waals surface area (Å²) < 4.78 is 55.3. The molecule has 0 aromatic heterocycles. The van der Waals surface area contributed by atoms with Gasteiger partial charge in [-0.2, -0.15) is 21.3 Å². The van der Waals surface area contributed by atoms with Crippen molar-refractivity contribution < 1.29 is 21.6 Å². The zero-order chi connectivity index (χ0) is 19.7. The first kappa shape index (κ1) is 20.4. The molecule has 0 unspecified atom stereocenters. The quantitative estimate of drug-likeness (QED) is 0.589. The smallest absolute Gasteiger partial charge is 0.282 e. The molecule has 2 aliphatic rings. The Kier molecular flexibility index (Phi) is 5.99. The number of hydrogen-bond donors (Lipinski definition) is 0. The molecule has 2 fully saturated rings. The van der Waals surface area contributed by atoms with Gasteiger partial charge in [0.05, 0.1) is 4.90 Å². The lowest BCUT2D eigenvalue weighted by atomic mass is 10.2. The van der Waals surface area contributed by atoms with Crippen molar-refractivity contribution in [2.45, 2.75) is 4.90 Å². The van der Waals surface area contributed by atoms with Gasteiger partial charge in [0.15, 0.2) is 6.29 Å². The number of hydrogen-bond acceptors (Lipinski definition) is 6. The average molecular weight is 417 g/mol. The van der Waals surface area contributed by atoms with E-state index in [1.54, 1.807) is 12.1 Å². The van der Waals surface area contributed by atoms with Gasteiger partial charge in [-0.3, -0.25) is 4.79 Å². The molecule has 0 saturated carbocycles. The number of sulfonamides is 1. The molecule has 2 saturated heterocycles. The van der Waals surface area contributed by atoms with Crippen LogP contribution < -0.4 is 0 Å². The van der Waals surface area contributed by atoms with Crippen LogP contribution in [0.15, 0.2) is 29.2 Å². The Morgan fingerprint density at radius 1 is 0.778 bits per heavy atom. The van der Waals surface area contributed by atoms with Crippen LogP contribution in [-0.4, -0.2) is 100 Å². The molecule has 0 spiro atoms. The lowest BCUT2D eigenvalue weighted by molar-refractivity contribution is 0.112. The van der Waals surface area contributed by atoms with Gasteiger partial charge in [0, 0.05) is 57.9 Å². The second kappa shape index (κ2) is 7.94. The van der Waals surface area contributed by atoms with Gasteiger partial charge in [0.25, 0.3) is 10.2 Å². The van der Waals surface area contributed by atoms with Crippen molar-refractivity contribution in [3.8, 4) is 0 Å². The van der Waals surface area contributed by atoms with Crippen molar-refractivity contribution in [3.63, 3.8) is 0 Å². The maximum absolute atomic E-state index is 12.8. The monoisotopic (exact) mass is 416 g/mol. The Bertz CT molecular complexity index is 887. The van der Waals surface area contributed by atoms with E-state index in [1.807, 2.05) is 7.05 Å². The highest BCUT2D eigenvalue weighted by atomic mass is 32.2. The van der Waals surface area contributed by atoms with Crippen molar-refractivity contribution in [2.24, 2.45) is 0 Å². The summed E-state index contributed by atoms with van der Waals surface area (Å²) >= 11 is 0. The van der Waals surface area contributed by atoms with E-state index in [0.29, 0.717) is 32.5 Å². The third kappa shape index (κ3) is 4.08. The molecule has 2 heterocycles. The number of likely N-dealkylation sites (N-methyl/N-ethyl adjacent to an activating group) is 1. The van der Waals surface area contributed by atoms with Crippen LogP contribution in [0.2, 0.25) is 0 Å². The summed E-state index contributed by atoms with van der Waals surface area (Å²) in [4.78, 5) is 13.2. The fraction of sp³-hybridized carbons (Fsp3) is 0.562. The molecule has 150 valence electrons. The maximum atomic E-state index is 12.8. The van der Waals surface area contributed by atoms with E-state index >= 15 is 0 Å². The molecular weight excluding hydrogens is 392 g/mol. The normalized spacial score (nSPS) is 22.0. The SMILES string of the molecule is CN1CCN(S(=O)(=O)N2CCN(S(=O)(=O)c3ccccc3C=O)CC2)CC1. The molecule has 0 amide bonds. The summed E-state index contributed by atoms with van der Waals surface area (Å²) in [6.45, 7) is 2.53. The number of benzene rings is 1. The Hall–Kier alpha value is -1.37. The van der Waals surface area contributed by atoms with Crippen LogP contribution in [0.4, 0.5) is 0 Å². The van der Waals surface area contributed by atoms with E-state index in [1.165, 1.54) is 25.0 Å². The lowest BCUT2D eigenvalue weighted by Gasteiger charge is -2.38. The molecule has 1 aromatic rings. The van der Waals surface area contributed by atoms with Gasteiger partial charge in [-0.05, 0) is 13.1 Å². The van der Waals surface area contributed by atoms with Crippen molar-refractivity contribution in [3.05, 3.63) is 29.8 Å². The molecule has 0 radical (unpaired) electrons. The van der Waals surface area contributed by atoms with Gasteiger partial charge >= 0.3 is 0 Å².